The lowest BCUT2D eigenvalue weighted by molar-refractivity contribution is 0.198. The molecule has 0 aromatic heterocycles. The van der Waals surface area contributed by atoms with Crippen molar-refractivity contribution < 1.29 is 0 Å². The lowest BCUT2D eigenvalue weighted by Gasteiger charge is -2.33. The molecule has 0 unspecified atom stereocenters. The molecule has 104 valence electrons. The lowest BCUT2D eigenvalue weighted by atomic mass is 9.96. The van der Waals surface area contributed by atoms with Crippen LogP contribution >= 0.6 is 0 Å². The maximum atomic E-state index is 3.87. The highest BCUT2D eigenvalue weighted by atomic mass is 15.2. The van der Waals surface area contributed by atoms with Crippen LogP contribution in [0.2, 0.25) is 0 Å². The fraction of sp³-hybridized carbons (Fsp3) is 1.00. The molecule has 3 rings (SSSR count). The molecule has 1 N–H and O–H groups in total. The molecule has 3 aliphatic rings. The summed E-state index contributed by atoms with van der Waals surface area (Å²) < 4.78 is 0. The van der Waals surface area contributed by atoms with E-state index in [1.165, 1.54) is 90.4 Å². The number of nitrogens with zero attached hydrogens (tertiary/aromatic N) is 1. The van der Waals surface area contributed by atoms with Gasteiger partial charge in [0.1, 0.15) is 0 Å². The van der Waals surface area contributed by atoms with E-state index in [-0.39, 0.29) is 0 Å². The Morgan fingerprint density at radius 3 is 2.56 bits per heavy atom. The van der Waals surface area contributed by atoms with Gasteiger partial charge in [-0.3, -0.25) is 0 Å². The van der Waals surface area contributed by atoms with Crippen LogP contribution in [0.15, 0.2) is 0 Å². The van der Waals surface area contributed by atoms with Crippen molar-refractivity contribution >= 4 is 0 Å². The summed E-state index contributed by atoms with van der Waals surface area (Å²) in [6.07, 6.45) is 14.6. The summed E-state index contributed by atoms with van der Waals surface area (Å²) in [7, 11) is 0. The predicted octanol–water partition coefficient (Wildman–Crippen LogP) is 3.17. The third-order valence-corrected chi connectivity index (χ3v) is 5.57. The van der Waals surface area contributed by atoms with Gasteiger partial charge in [-0.25, -0.2) is 0 Å². The quantitative estimate of drug-likeness (QED) is 0.827. The lowest BCUT2D eigenvalue weighted by Crippen LogP contribution is -2.49. The fourth-order valence-corrected chi connectivity index (χ4v) is 4.46. The summed E-state index contributed by atoms with van der Waals surface area (Å²) in [6, 6.07) is 0. The van der Waals surface area contributed by atoms with Gasteiger partial charge in [-0.05, 0) is 51.2 Å². The Morgan fingerprint density at radius 1 is 1.00 bits per heavy atom. The summed E-state index contributed by atoms with van der Waals surface area (Å²) >= 11 is 0. The molecule has 0 aromatic carbocycles. The first-order valence-electron chi connectivity index (χ1n) is 8.34. The van der Waals surface area contributed by atoms with E-state index in [2.05, 4.69) is 10.2 Å². The van der Waals surface area contributed by atoms with Gasteiger partial charge >= 0.3 is 0 Å². The van der Waals surface area contributed by atoms with Gasteiger partial charge in [0, 0.05) is 12.1 Å². The van der Waals surface area contributed by atoms with Crippen LogP contribution in [-0.4, -0.2) is 36.6 Å². The molecule has 3 fully saturated rings. The average molecular weight is 250 g/mol. The van der Waals surface area contributed by atoms with Gasteiger partial charge in [0.25, 0.3) is 0 Å². The molecule has 1 heterocycles. The second kappa shape index (κ2) is 5.92. The van der Waals surface area contributed by atoms with E-state index in [4.69, 9.17) is 0 Å². The SMILES string of the molecule is C1CCC(CCN2CCCNC3(CCCC3)C2)C1. The highest BCUT2D eigenvalue weighted by molar-refractivity contribution is 4.96. The predicted molar refractivity (Wildman–Crippen MR) is 76.8 cm³/mol. The van der Waals surface area contributed by atoms with Crippen LogP contribution in [0.3, 0.4) is 0 Å². The van der Waals surface area contributed by atoms with Crippen LogP contribution in [0.25, 0.3) is 0 Å². The fourth-order valence-electron chi connectivity index (χ4n) is 4.46. The summed E-state index contributed by atoms with van der Waals surface area (Å²) in [4.78, 5) is 2.78. The molecule has 2 aliphatic carbocycles. The minimum absolute atomic E-state index is 0.506. The second-order valence-corrected chi connectivity index (χ2v) is 6.98. The van der Waals surface area contributed by atoms with E-state index >= 15 is 0 Å². The molecule has 2 saturated carbocycles. The minimum Gasteiger partial charge on any atom is -0.310 e. The van der Waals surface area contributed by atoms with Gasteiger partial charge < -0.3 is 10.2 Å². The highest BCUT2D eigenvalue weighted by Crippen LogP contribution is 2.32. The largest absolute Gasteiger partial charge is 0.310 e. The summed E-state index contributed by atoms with van der Waals surface area (Å²) in [6.45, 7) is 5.29. The molecule has 18 heavy (non-hydrogen) atoms. The van der Waals surface area contributed by atoms with Gasteiger partial charge in [0.15, 0.2) is 0 Å². The van der Waals surface area contributed by atoms with Gasteiger partial charge in [0.05, 0.1) is 0 Å². The van der Waals surface area contributed by atoms with Crippen molar-refractivity contribution in [1.29, 1.82) is 0 Å². The van der Waals surface area contributed by atoms with E-state index in [0.717, 1.165) is 5.92 Å². The van der Waals surface area contributed by atoms with Crippen LogP contribution in [-0.2, 0) is 0 Å². The molecule has 0 bridgehead atoms. The number of hydrogen-bond donors (Lipinski definition) is 1. The van der Waals surface area contributed by atoms with Crippen LogP contribution in [0.5, 0.6) is 0 Å². The smallest absolute Gasteiger partial charge is 0.0308 e. The van der Waals surface area contributed by atoms with Gasteiger partial charge in [0.2, 0.25) is 0 Å². The maximum Gasteiger partial charge on any atom is 0.0308 e. The minimum atomic E-state index is 0.506. The van der Waals surface area contributed by atoms with Gasteiger partial charge in [-0.1, -0.05) is 38.5 Å². The second-order valence-electron chi connectivity index (χ2n) is 6.98. The van der Waals surface area contributed by atoms with E-state index < -0.39 is 0 Å². The zero-order chi connectivity index (χ0) is 12.3. The van der Waals surface area contributed by atoms with E-state index in [1.54, 1.807) is 0 Å². The monoisotopic (exact) mass is 250 g/mol. The van der Waals surface area contributed by atoms with Gasteiger partial charge in [-0.2, -0.15) is 0 Å². The van der Waals surface area contributed by atoms with Crippen molar-refractivity contribution in [2.75, 3.05) is 26.2 Å². The third-order valence-electron chi connectivity index (χ3n) is 5.57. The van der Waals surface area contributed by atoms with Crippen molar-refractivity contribution in [3.63, 3.8) is 0 Å². The van der Waals surface area contributed by atoms with Crippen LogP contribution in [0.1, 0.15) is 64.2 Å². The first-order chi connectivity index (χ1) is 8.86. The Bertz CT molecular complexity index is 252. The summed E-state index contributed by atoms with van der Waals surface area (Å²) in [5.74, 6) is 1.06. The number of nitrogens with one attached hydrogen (secondary N) is 1. The molecule has 2 nitrogen and oxygen atoms in total. The Kier molecular flexibility index (Phi) is 4.25. The van der Waals surface area contributed by atoms with Crippen LogP contribution in [0, 0.1) is 5.92 Å². The molecule has 1 saturated heterocycles. The molecule has 1 aliphatic heterocycles. The first-order valence-corrected chi connectivity index (χ1v) is 8.34. The standard InChI is InChI=1S/C16H30N2/c1-2-7-15(6-1)8-13-18-12-5-11-17-16(14-18)9-3-4-10-16/h15,17H,1-14H2. The normalized spacial score (nSPS) is 30.0. The van der Waals surface area contributed by atoms with E-state index in [9.17, 15) is 0 Å². The van der Waals surface area contributed by atoms with E-state index in [0.29, 0.717) is 5.54 Å². The van der Waals surface area contributed by atoms with Crippen molar-refractivity contribution in [3.8, 4) is 0 Å². The molecule has 1 spiro atoms. The summed E-state index contributed by atoms with van der Waals surface area (Å²) in [5.41, 5.74) is 0.506. The van der Waals surface area contributed by atoms with Crippen molar-refractivity contribution in [3.05, 3.63) is 0 Å². The topological polar surface area (TPSA) is 15.3 Å². The third kappa shape index (κ3) is 3.08. The zero-order valence-corrected chi connectivity index (χ0v) is 11.9. The highest BCUT2D eigenvalue weighted by Gasteiger charge is 2.36. The summed E-state index contributed by atoms with van der Waals surface area (Å²) in [5, 5.41) is 3.87. The van der Waals surface area contributed by atoms with E-state index in [1.807, 2.05) is 0 Å². The molecule has 0 atom stereocenters. The van der Waals surface area contributed by atoms with Crippen molar-refractivity contribution in [2.24, 2.45) is 5.92 Å². The first kappa shape index (κ1) is 12.9. The Hall–Kier alpha value is -0.0800. The zero-order valence-electron chi connectivity index (χ0n) is 11.9. The Labute approximate surface area is 113 Å². The maximum absolute atomic E-state index is 3.87. The van der Waals surface area contributed by atoms with Crippen molar-refractivity contribution in [1.82, 2.24) is 10.2 Å². The molecule has 0 amide bonds. The molecular weight excluding hydrogens is 220 g/mol. The number of rotatable bonds is 3. The molecular formula is C16H30N2. The molecule has 0 aromatic rings. The molecule has 0 radical (unpaired) electrons. The molecule has 2 heteroatoms. The Morgan fingerprint density at radius 2 is 1.78 bits per heavy atom. The average Bonchev–Trinajstić information content (AvgIpc) is 2.99. The van der Waals surface area contributed by atoms with Gasteiger partial charge in [-0.15, -0.1) is 0 Å². The Balaban J connectivity index is 1.50. The number of hydrogen-bond acceptors (Lipinski definition) is 2. The van der Waals surface area contributed by atoms with Crippen molar-refractivity contribution in [2.45, 2.75) is 69.7 Å². The van der Waals surface area contributed by atoms with Crippen LogP contribution in [0.4, 0.5) is 0 Å². The van der Waals surface area contributed by atoms with Crippen LogP contribution < -0.4 is 5.32 Å².